The van der Waals surface area contributed by atoms with Crippen LogP contribution in [0.25, 0.3) is 0 Å². The summed E-state index contributed by atoms with van der Waals surface area (Å²) >= 11 is 12.1. The van der Waals surface area contributed by atoms with Crippen LogP contribution in [0.2, 0.25) is 10.0 Å². The summed E-state index contributed by atoms with van der Waals surface area (Å²) in [7, 11) is -3.63. The van der Waals surface area contributed by atoms with E-state index in [-0.39, 0.29) is 22.4 Å². The molecule has 0 saturated carbocycles. The van der Waals surface area contributed by atoms with E-state index in [1.54, 1.807) is 42.5 Å². The highest BCUT2D eigenvalue weighted by molar-refractivity contribution is 7.89. The van der Waals surface area contributed by atoms with Crippen LogP contribution >= 0.6 is 23.2 Å². The minimum absolute atomic E-state index is 0.139. The minimum atomic E-state index is -3.63. The molecule has 2 aromatic rings. The van der Waals surface area contributed by atoms with Crippen LogP contribution in [0.1, 0.15) is 18.4 Å². The fourth-order valence-electron chi connectivity index (χ4n) is 3.07. The van der Waals surface area contributed by atoms with Crippen LogP contribution in [0, 0.1) is 12.8 Å². The van der Waals surface area contributed by atoms with Gasteiger partial charge in [-0.1, -0.05) is 47.0 Å². The molecule has 8 heteroatoms. The largest absolute Gasteiger partial charge is 0.324 e. The van der Waals surface area contributed by atoms with E-state index in [1.165, 1.54) is 4.31 Å². The highest BCUT2D eigenvalue weighted by atomic mass is 35.5. The molecule has 0 unspecified atom stereocenters. The first-order chi connectivity index (χ1) is 12.8. The Labute approximate surface area is 169 Å². The Morgan fingerprint density at radius 3 is 2.56 bits per heavy atom. The molecule has 1 amide bonds. The van der Waals surface area contributed by atoms with Gasteiger partial charge in [-0.3, -0.25) is 4.79 Å². The first kappa shape index (κ1) is 20.1. The van der Waals surface area contributed by atoms with Crippen molar-refractivity contribution in [3.05, 3.63) is 58.1 Å². The quantitative estimate of drug-likeness (QED) is 0.790. The summed E-state index contributed by atoms with van der Waals surface area (Å²) < 4.78 is 27.1. The zero-order valence-electron chi connectivity index (χ0n) is 14.8. The number of amides is 1. The average molecular weight is 427 g/mol. The number of aryl methyl sites for hydroxylation is 1. The molecule has 1 atom stereocenters. The van der Waals surface area contributed by atoms with E-state index in [9.17, 15) is 13.2 Å². The summed E-state index contributed by atoms with van der Waals surface area (Å²) in [5, 5.41) is 3.38. The number of hydrogen-bond donors (Lipinski definition) is 1. The smallest absolute Gasteiger partial charge is 0.243 e. The maximum absolute atomic E-state index is 12.9. The predicted octanol–water partition coefficient (Wildman–Crippen LogP) is 4.34. The molecule has 27 heavy (non-hydrogen) atoms. The van der Waals surface area contributed by atoms with Crippen molar-refractivity contribution in [2.75, 3.05) is 18.4 Å². The maximum Gasteiger partial charge on any atom is 0.243 e. The van der Waals surface area contributed by atoms with Gasteiger partial charge < -0.3 is 5.32 Å². The van der Waals surface area contributed by atoms with E-state index in [0.717, 1.165) is 5.56 Å². The Hall–Kier alpha value is -1.60. The van der Waals surface area contributed by atoms with Crippen LogP contribution in [-0.2, 0) is 14.8 Å². The zero-order chi connectivity index (χ0) is 19.6. The zero-order valence-corrected chi connectivity index (χ0v) is 17.1. The lowest BCUT2D eigenvalue weighted by molar-refractivity contribution is -0.120. The standard InChI is InChI=1S/C19H20Cl2N2O3S/c1-13-7-9-15(10-8-13)27(25,26)23-11-3-4-14(12-23)19(24)22-17-6-2-5-16(20)18(17)21/h2,5-10,14H,3-4,11-12H2,1H3,(H,22,24)/t14-/m0/s1. The third kappa shape index (κ3) is 4.46. The Morgan fingerprint density at radius 2 is 1.85 bits per heavy atom. The van der Waals surface area contributed by atoms with Gasteiger partial charge in [-0.05, 0) is 44.0 Å². The molecule has 1 N–H and O–H groups in total. The van der Waals surface area contributed by atoms with Crippen molar-refractivity contribution in [3.8, 4) is 0 Å². The number of anilines is 1. The van der Waals surface area contributed by atoms with E-state index in [1.807, 2.05) is 6.92 Å². The fourth-order valence-corrected chi connectivity index (χ4v) is 4.94. The van der Waals surface area contributed by atoms with Crippen molar-refractivity contribution in [1.29, 1.82) is 0 Å². The molecule has 1 aliphatic heterocycles. The van der Waals surface area contributed by atoms with Crippen LogP contribution in [0.3, 0.4) is 0 Å². The van der Waals surface area contributed by atoms with Gasteiger partial charge in [0.1, 0.15) is 0 Å². The van der Waals surface area contributed by atoms with Crippen molar-refractivity contribution in [1.82, 2.24) is 4.31 Å². The SMILES string of the molecule is Cc1ccc(S(=O)(=O)N2CCC[C@H](C(=O)Nc3cccc(Cl)c3Cl)C2)cc1. The first-order valence-corrected chi connectivity index (χ1v) is 10.8. The number of hydrogen-bond acceptors (Lipinski definition) is 3. The number of rotatable bonds is 4. The topological polar surface area (TPSA) is 66.5 Å². The summed E-state index contributed by atoms with van der Waals surface area (Å²) in [6.45, 7) is 2.44. The Morgan fingerprint density at radius 1 is 1.15 bits per heavy atom. The molecule has 0 aromatic heterocycles. The number of benzene rings is 2. The molecule has 0 radical (unpaired) electrons. The molecule has 1 saturated heterocycles. The van der Waals surface area contributed by atoms with Crippen LogP contribution in [0.5, 0.6) is 0 Å². The molecule has 1 fully saturated rings. The third-order valence-corrected chi connectivity index (χ3v) is 7.32. The highest BCUT2D eigenvalue weighted by Gasteiger charge is 2.33. The summed E-state index contributed by atoms with van der Waals surface area (Å²) in [5.74, 6) is -0.711. The number of carbonyl (C=O) groups is 1. The molecule has 1 heterocycles. The number of piperidine rings is 1. The summed E-state index contributed by atoms with van der Waals surface area (Å²) in [5.41, 5.74) is 1.41. The molecular weight excluding hydrogens is 407 g/mol. The second-order valence-corrected chi connectivity index (χ2v) is 9.33. The molecular formula is C19H20Cl2N2O3S. The molecule has 2 aromatic carbocycles. The lowest BCUT2D eigenvalue weighted by Crippen LogP contribution is -2.43. The number of sulfonamides is 1. The Bertz CT molecular complexity index is 946. The Kier molecular flexibility index (Phi) is 6.11. The fraction of sp³-hybridized carbons (Fsp3) is 0.316. The second kappa shape index (κ2) is 8.19. The van der Waals surface area contributed by atoms with Crippen molar-refractivity contribution in [3.63, 3.8) is 0 Å². The third-order valence-electron chi connectivity index (χ3n) is 4.62. The predicted molar refractivity (Wildman–Crippen MR) is 108 cm³/mol. The van der Waals surface area contributed by atoms with Gasteiger partial charge in [0.25, 0.3) is 0 Å². The molecule has 5 nitrogen and oxygen atoms in total. The van der Waals surface area contributed by atoms with Gasteiger partial charge in [0.2, 0.25) is 15.9 Å². The molecule has 144 valence electrons. The van der Waals surface area contributed by atoms with Crippen LogP contribution in [0.4, 0.5) is 5.69 Å². The average Bonchev–Trinajstić information content (AvgIpc) is 2.66. The van der Waals surface area contributed by atoms with Crippen molar-refractivity contribution >= 4 is 44.8 Å². The molecule has 0 bridgehead atoms. The molecule has 0 aliphatic carbocycles. The van der Waals surface area contributed by atoms with Gasteiger partial charge in [-0.15, -0.1) is 0 Å². The molecule has 1 aliphatic rings. The lowest BCUT2D eigenvalue weighted by Gasteiger charge is -2.31. The van der Waals surface area contributed by atoms with Crippen LogP contribution in [-0.4, -0.2) is 31.7 Å². The minimum Gasteiger partial charge on any atom is -0.324 e. The highest BCUT2D eigenvalue weighted by Crippen LogP contribution is 2.31. The van der Waals surface area contributed by atoms with Crippen LogP contribution in [0.15, 0.2) is 47.4 Å². The number of nitrogens with zero attached hydrogens (tertiary/aromatic N) is 1. The first-order valence-electron chi connectivity index (χ1n) is 8.61. The summed E-state index contributed by atoms with van der Waals surface area (Å²) in [4.78, 5) is 12.9. The van der Waals surface area contributed by atoms with E-state index in [2.05, 4.69) is 5.32 Å². The normalized spacial score (nSPS) is 18.3. The van der Waals surface area contributed by atoms with Crippen LogP contribution < -0.4 is 5.32 Å². The molecule has 0 spiro atoms. The number of halogens is 2. The summed E-state index contributed by atoms with van der Waals surface area (Å²) in [6, 6.07) is 11.7. The monoisotopic (exact) mass is 426 g/mol. The van der Waals surface area contributed by atoms with E-state index in [4.69, 9.17) is 23.2 Å². The number of nitrogens with one attached hydrogen (secondary N) is 1. The molecule has 3 rings (SSSR count). The summed E-state index contributed by atoms with van der Waals surface area (Å²) in [6.07, 6.45) is 1.23. The van der Waals surface area contributed by atoms with Crippen molar-refractivity contribution in [2.45, 2.75) is 24.7 Å². The van der Waals surface area contributed by atoms with Gasteiger partial charge in [0, 0.05) is 13.1 Å². The van der Waals surface area contributed by atoms with E-state index in [0.29, 0.717) is 30.1 Å². The lowest BCUT2D eigenvalue weighted by atomic mass is 9.99. The van der Waals surface area contributed by atoms with E-state index < -0.39 is 15.9 Å². The van der Waals surface area contributed by atoms with Gasteiger partial charge in [0.15, 0.2) is 0 Å². The second-order valence-electron chi connectivity index (χ2n) is 6.61. The number of carbonyl (C=O) groups excluding carboxylic acids is 1. The van der Waals surface area contributed by atoms with Gasteiger partial charge in [0.05, 0.1) is 26.5 Å². The maximum atomic E-state index is 12.9. The van der Waals surface area contributed by atoms with Gasteiger partial charge in [-0.25, -0.2) is 8.42 Å². The van der Waals surface area contributed by atoms with Gasteiger partial charge in [-0.2, -0.15) is 4.31 Å². The Balaban J connectivity index is 1.74. The van der Waals surface area contributed by atoms with Crippen molar-refractivity contribution in [2.24, 2.45) is 5.92 Å². The van der Waals surface area contributed by atoms with Gasteiger partial charge >= 0.3 is 0 Å². The van der Waals surface area contributed by atoms with E-state index >= 15 is 0 Å². The van der Waals surface area contributed by atoms with Crippen molar-refractivity contribution < 1.29 is 13.2 Å².